The molecule has 0 spiro atoms. The van der Waals surface area contributed by atoms with Crippen LogP contribution in [0.5, 0.6) is 11.5 Å². The third-order valence-electron chi connectivity index (χ3n) is 6.01. The van der Waals surface area contributed by atoms with Gasteiger partial charge in [-0.15, -0.1) is 0 Å². The lowest BCUT2D eigenvalue weighted by Gasteiger charge is -2.16. The second-order valence-corrected chi connectivity index (χ2v) is 9.08. The summed E-state index contributed by atoms with van der Waals surface area (Å²) >= 11 is 0. The molecule has 200 valence electrons. The summed E-state index contributed by atoms with van der Waals surface area (Å²) in [6, 6.07) is 15.6. The van der Waals surface area contributed by atoms with Crippen LogP contribution in [0.15, 0.2) is 90.7 Å². The summed E-state index contributed by atoms with van der Waals surface area (Å²) in [7, 11) is 1.62. The van der Waals surface area contributed by atoms with Gasteiger partial charge in [-0.3, -0.25) is 0 Å². The van der Waals surface area contributed by atoms with Gasteiger partial charge in [-0.25, -0.2) is 9.59 Å². The molecule has 3 rings (SSSR count). The summed E-state index contributed by atoms with van der Waals surface area (Å²) in [6.07, 6.45) is 13.5. The summed E-state index contributed by atoms with van der Waals surface area (Å²) < 4.78 is 21.5. The average molecular weight is 517 g/mol. The topological polar surface area (TPSA) is 71.1 Å². The van der Waals surface area contributed by atoms with Gasteiger partial charge in [0.05, 0.1) is 20.3 Å². The highest BCUT2D eigenvalue weighted by Gasteiger charge is 2.13. The Hall–Kier alpha value is -4.06. The molecule has 6 nitrogen and oxygen atoms in total. The fourth-order valence-corrected chi connectivity index (χ4v) is 3.80. The van der Waals surface area contributed by atoms with Gasteiger partial charge in [0.15, 0.2) is 0 Å². The summed E-state index contributed by atoms with van der Waals surface area (Å²) in [5.74, 6) is 1.65. The van der Waals surface area contributed by atoms with Gasteiger partial charge >= 0.3 is 11.9 Å². The zero-order chi connectivity index (χ0) is 27.2. The number of unbranched alkanes of at least 4 members (excludes halogenated alkanes) is 3. The van der Waals surface area contributed by atoms with Gasteiger partial charge in [0.2, 0.25) is 0 Å². The van der Waals surface area contributed by atoms with Crippen LogP contribution in [0, 0.1) is 0 Å². The molecule has 0 aromatic heterocycles. The van der Waals surface area contributed by atoms with Gasteiger partial charge in [-0.05, 0) is 92.6 Å². The first-order valence-electron chi connectivity index (χ1n) is 12.9. The number of hydrogen-bond acceptors (Lipinski definition) is 6. The van der Waals surface area contributed by atoms with Crippen LogP contribution >= 0.6 is 0 Å². The molecule has 2 aromatic carbocycles. The van der Waals surface area contributed by atoms with Crippen molar-refractivity contribution in [1.82, 2.24) is 0 Å². The molecule has 1 atom stereocenters. The third kappa shape index (κ3) is 9.77. The van der Waals surface area contributed by atoms with Crippen molar-refractivity contribution in [2.75, 3.05) is 20.3 Å². The number of carbonyl (C=O) groups is 2. The van der Waals surface area contributed by atoms with Crippen molar-refractivity contribution in [2.45, 2.75) is 44.9 Å². The molecule has 0 aliphatic heterocycles. The summed E-state index contributed by atoms with van der Waals surface area (Å²) in [5.41, 5.74) is 2.50. The maximum atomic E-state index is 12.2. The number of ether oxygens (including phenoxy) is 4. The highest BCUT2D eigenvalue weighted by atomic mass is 16.5. The monoisotopic (exact) mass is 516 g/mol. The van der Waals surface area contributed by atoms with Gasteiger partial charge in [-0.2, -0.15) is 0 Å². The Kier molecular flexibility index (Phi) is 11.4. The maximum absolute atomic E-state index is 12.2. The zero-order valence-corrected chi connectivity index (χ0v) is 22.2. The van der Waals surface area contributed by atoms with Crippen LogP contribution < -0.4 is 9.47 Å². The molecule has 0 N–H and O–H groups in total. The Morgan fingerprint density at radius 1 is 0.947 bits per heavy atom. The smallest absolute Gasteiger partial charge is 0.336 e. The van der Waals surface area contributed by atoms with E-state index in [-0.39, 0.29) is 11.9 Å². The van der Waals surface area contributed by atoms with E-state index < -0.39 is 5.97 Å². The molecular formula is C32H36O6. The predicted molar refractivity (Wildman–Crippen MR) is 149 cm³/mol. The van der Waals surface area contributed by atoms with E-state index in [1.54, 1.807) is 20.1 Å². The van der Waals surface area contributed by atoms with Gasteiger partial charge in [0, 0.05) is 17.6 Å². The lowest BCUT2D eigenvalue weighted by molar-refractivity contribution is -0.139. The first-order valence-corrected chi connectivity index (χ1v) is 12.9. The second kappa shape index (κ2) is 15.3. The molecular weight excluding hydrogens is 480 g/mol. The lowest BCUT2D eigenvalue weighted by atomic mass is 9.92. The van der Waals surface area contributed by atoms with E-state index in [9.17, 15) is 9.59 Å². The van der Waals surface area contributed by atoms with Crippen molar-refractivity contribution in [3.05, 3.63) is 102 Å². The molecule has 0 saturated heterocycles. The van der Waals surface area contributed by atoms with Crippen LogP contribution in [0.2, 0.25) is 0 Å². The maximum Gasteiger partial charge on any atom is 0.336 e. The molecule has 0 heterocycles. The standard InChI is InChI=1S/C32H36O6/c1-24(2)32(34)37-23-7-5-4-6-22-36-29-17-11-26(12-18-29)27-13-19-30(20-14-27)38-31(33)21-10-25-8-15-28(35-3)16-9-25/h8-13,15-21,27H,1,4-7,14,22-23H2,2-3H3/b21-10+. The molecule has 1 aliphatic rings. The van der Waals surface area contributed by atoms with E-state index in [0.29, 0.717) is 24.5 Å². The normalized spacial score (nSPS) is 14.6. The second-order valence-electron chi connectivity index (χ2n) is 9.08. The summed E-state index contributed by atoms with van der Waals surface area (Å²) in [5, 5.41) is 0. The molecule has 2 aromatic rings. The average Bonchev–Trinajstić information content (AvgIpc) is 2.94. The van der Waals surface area contributed by atoms with Crippen LogP contribution in [0.3, 0.4) is 0 Å². The Bertz CT molecular complexity index is 1160. The molecule has 0 amide bonds. The molecule has 1 unspecified atom stereocenters. The first kappa shape index (κ1) is 28.5. The molecule has 0 saturated carbocycles. The van der Waals surface area contributed by atoms with Crippen molar-refractivity contribution in [3.8, 4) is 11.5 Å². The molecule has 38 heavy (non-hydrogen) atoms. The van der Waals surface area contributed by atoms with Crippen LogP contribution in [-0.4, -0.2) is 32.3 Å². The number of esters is 2. The minimum absolute atomic E-state index is 0.223. The Morgan fingerprint density at radius 3 is 2.26 bits per heavy atom. The Balaban J connectivity index is 1.33. The predicted octanol–water partition coefficient (Wildman–Crippen LogP) is 6.94. The highest BCUT2D eigenvalue weighted by molar-refractivity contribution is 5.88. The number of rotatable bonds is 14. The molecule has 0 fully saturated rings. The number of allylic oxidation sites excluding steroid dienone is 3. The van der Waals surface area contributed by atoms with Gasteiger partial charge < -0.3 is 18.9 Å². The van der Waals surface area contributed by atoms with Gasteiger partial charge in [0.25, 0.3) is 0 Å². The highest BCUT2D eigenvalue weighted by Crippen LogP contribution is 2.28. The van der Waals surface area contributed by atoms with E-state index >= 15 is 0 Å². The van der Waals surface area contributed by atoms with E-state index in [2.05, 4.69) is 24.8 Å². The van der Waals surface area contributed by atoms with Crippen LogP contribution in [-0.2, 0) is 19.1 Å². The largest absolute Gasteiger partial charge is 0.497 e. The lowest BCUT2D eigenvalue weighted by Crippen LogP contribution is -2.06. The van der Waals surface area contributed by atoms with Crippen LogP contribution in [0.1, 0.15) is 56.1 Å². The summed E-state index contributed by atoms with van der Waals surface area (Å²) in [4.78, 5) is 23.5. The molecule has 0 bridgehead atoms. The minimum Gasteiger partial charge on any atom is -0.497 e. The van der Waals surface area contributed by atoms with E-state index in [0.717, 1.165) is 49.2 Å². The van der Waals surface area contributed by atoms with E-state index in [4.69, 9.17) is 18.9 Å². The molecule has 0 radical (unpaired) electrons. The molecule has 1 aliphatic carbocycles. The Morgan fingerprint density at radius 2 is 1.63 bits per heavy atom. The van der Waals surface area contributed by atoms with Crippen molar-refractivity contribution in [3.63, 3.8) is 0 Å². The fraction of sp³-hybridized carbons (Fsp3) is 0.312. The van der Waals surface area contributed by atoms with Crippen molar-refractivity contribution in [1.29, 1.82) is 0 Å². The van der Waals surface area contributed by atoms with Crippen LogP contribution in [0.25, 0.3) is 6.08 Å². The summed E-state index contributed by atoms with van der Waals surface area (Å²) in [6.45, 7) is 6.30. The van der Waals surface area contributed by atoms with E-state index in [1.807, 2.05) is 48.6 Å². The SMILES string of the molecule is C=C(C)C(=O)OCCCCCCOc1ccc(C2C=CC(OC(=O)/C=C/c3ccc(OC)cc3)=CC2)cc1. The molecule has 6 heteroatoms. The van der Waals surface area contributed by atoms with Crippen molar-refractivity contribution >= 4 is 18.0 Å². The van der Waals surface area contributed by atoms with Gasteiger partial charge in [-0.1, -0.05) is 36.9 Å². The third-order valence-corrected chi connectivity index (χ3v) is 6.01. The number of hydrogen-bond donors (Lipinski definition) is 0. The number of methoxy groups -OCH3 is 1. The van der Waals surface area contributed by atoms with Crippen molar-refractivity contribution in [2.24, 2.45) is 0 Å². The van der Waals surface area contributed by atoms with E-state index in [1.165, 1.54) is 11.6 Å². The van der Waals surface area contributed by atoms with Gasteiger partial charge in [0.1, 0.15) is 17.3 Å². The minimum atomic E-state index is -0.414. The number of benzene rings is 2. The van der Waals surface area contributed by atoms with Crippen molar-refractivity contribution < 1.29 is 28.5 Å². The Labute approximate surface area is 225 Å². The number of carbonyl (C=O) groups excluding carboxylic acids is 2. The zero-order valence-electron chi connectivity index (χ0n) is 22.2. The quantitative estimate of drug-likeness (QED) is 0.154. The first-order chi connectivity index (χ1) is 18.4. The van der Waals surface area contributed by atoms with Crippen LogP contribution in [0.4, 0.5) is 0 Å². The fourth-order valence-electron chi connectivity index (χ4n) is 3.80.